The maximum Gasteiger partial charge on any atom is 0.159 e. The number of piperidine rings is 2. The van der Waals surface area contributed by atoms with Crippen molar-refractivity contribution in [1.29, 1.82) is 0 Å². The van der Waals surface area contributed by atoms with E-state index in [1.54, 1.807) is 0 Å². The number of rotatable bonds is 3. The molecule has 1 aromatic carbocycles. The molecule has 0 N–H and O–H groups in total. The Morgan fingerprint density at radius 1 is 0.727 bits per heavy atom. The summed E-state index contributed by atoms with van der Waals surface area (Å²) in [5, 5.41) is 0. The van der Waals surface area contributed by atoms with Crippen LogP contribution in [0.15, 0.2) is 35.3 Å². The van der Waals surface area contributed by atoms with E-state index in [4.69, 9.17) is 9.98 Å². The molecule has 0 spiro atoms. The van der Waals surface area contributed by atoms with E-state index in [9.17, 15) is 0 Å². The lowest BCUT2D eigenvalue weighted by atomic mass is 9.73. The number of para-hydroxylation sites is 2. The molecule has 7 rings (SSSR count). The van der Waals surface area contributed by atoms with Gasteiger partial charge in [-0.1, -0.05) is 44.2 Å². The van der Waals surface area contributed by atoms with Gasteiger partial charge >= 0.3 is 0 Å². The fourth-order valence-electron chi connectivity index (χ4n) is 8.42. The number of hydrogen-bond donors (Lipinski definition) is 0. The molecular formula is C29H38N4. The molecule has 6 atom stereocenters. The zero-order chi connectivity index (χ0) is 21.8. The summed E-state index contributed by atoms with van der Waals surface area (Å²) in [5.41, 5.74) is 3.50. The van der Waals surface area contributed by atoms with Crippen LogP contribution >= 0.6 is 0 Å². The monoisotopic (exact) mass is 442 g/mol. The molecule has 4 heterocycles. The Morgan fingerprint density at radius 3 is 2.21 bits per heavy atom. The Bertz CT molecular complexity index is 1050. The molecule has 5 aliphatic rings. The van der Waals surface area contributed by atoms with E-state index in [2.05, 4.69) is 39.8 Å². The highest BCUT2D eigenvalue weighted by atomic mass is 15.3. The number of aromatic nitrogens is 2. The van der Waals surface area contributed by atoms with Gasteiger partial charge < -0.3 is 4.57 Å². The van der Waals surface area contributed by atoms with Crippen molar-refractivity contribution in [1.82, 2.24) is 14.5 Å². The van der Waals surface area contributed by atoms with E-state index in [0.29, 0.717) is 6.04 Å². The zero-order valence-corrected chi connectivity index (χ0v) is 19.9. The van der Waals surface area contributed by atoms with Crippen molar-refractivity contribution in [3.05, 3.63) is 36.2 Å². The van der Waals surface area contributed by atoms with Gasteiger partial charge in [0.15, 0.2) is 5.82 Å². The van der Waals surface area contributed by atoms with Crippen molar-refractivity contribution >= 4 is 22.9 Å². The average Bonchev–Trinajstić information content (AvgIpc) is 3.45. The third-order valence-corrected chi connectivity index (χ3v) is 9.62. The molecule has 2 saturated heterocycles. The summed E-state index contributed by atoms with van der Waals surface area (Å²) in [6.45, 7) is 0. The Kier molecular flexibility index (Phi) is 5.19. The molecule has 0 radical (unpaired) electrons. The molecule has 4 nitrogen and oxygen atoms in total. The van der Waals surface area contributed by atoms with Crippen molar-refractivity contribution in [3.8, 4) is 0 Å². The topological polar surface area (TPSA) is 33.4 Å². The van der Waals surface area contributed by atoms with Crippen LogP contribution in [0.3, 0.4) is 0 Å². The lowest BCUT2D eigenvalue weighted by molar-refractivity contribution is -0.0418. The van der Waals surface area contributed by atoms with Crippen molar-refractivity contribution in [2.75, 3.05) is 0 Å². The Hall–Kier alpha value is -1.94. The van der Waals surface area contributed by atoms with Crippen molar-refractivity contribution < 1.29 is 0 Å². The van der Waals surface area contributed by atoms with Crippen molar-refractivity contribution in [3.63, 3.8) is 0 Å². The van der Waals surface area contributed by atoms with E-state index in [1.165, 1.54) is 82.6 Å². The summed E-state index contributed by atoms with van der Waals surface area (Å²) in [6.07, 6.45) is 22.4. The summed E-state index contributed by atoms with van der Waals surface area (Å²) in [5.74, 6) is 3.11. The van der Waals surface area contributed by atoms with Gasteiger partial charge in [-0.25, -0.2) is 4.98 Å². The number of aliphatic imine (C=N–C) groups is 1. The minimum Gasteiger partial charge on any atom is -0.319 e. The lowest BCUT2D eigenvalue weighted by Gasteiger charge is -2.54. The number of allylic oxidation sites excluding steroid dienone is 1. The van der Waals surface area contributed by atoms with Crippen LogP contribution < -0.4 is 0 Å². The molecule has 3 aliphatic heterocycles. The van der Waals surface area contributed by atoms with Crippen LogP contribution in [0.2, 0.25) is 0 Å². The van der Waals surface area contributed by atoms with Crippen LogP contribution in [-0.4, -0.2) is 38.8 Å². The quantitative estimate of drug-likeness (QED) is 0.526. The first-order chi connectivity index (χ1) is 16.3. The van der Waals surface area contributed by atoms with E-state index in [0.717, 1.165) is 53.4 Å². The minimum absolute atomic E-state index is 0.543. The highest BCUT2D eigenvalue weighted by Gasteiger charge is 2.45. The largest absolute Gasteiger partial charge is 0.319 e. The lowest BCUT2D eigenvalue weighted by Crippen LogP contribution is -2.58. The second kappa shape index (κ2) is 8.37. The fourth-order valence-corrected chi connectivity index (χ4v) is 8.42. The summed E-state index contributed by atoms with van der Waals surface area (Å²) < 4.78 is 2.59. The van der Waals surface area contributed by atoms with Crippen LogP contribution in [0.1, 0.15) is 95.3 Å². The summed E-state index contributed by atoms with van der Waals surface area (Å²) in [7, 11) is 0. The van der Waals surface area contributed by atoms with Gasteiger partial charge in [-0.3, -0.25) is 9.89 Å². The first-order valence-electron chi connectivity index (χ1n) is 13.8. The number of imidazole rings is 1. The Balaban J connectivity index is 1.21. The van der Waals surface area contributed by atoms with Crippen LogP contribution in [-0.2, 0) is 0 Å². The molecular weight excluding hydrogens is 404 g/mol. The fraction of sp³-hybridized carbons (Fsp3) is 0.655. The van der Waals surface area contributed by atoms with E-state index in [1.807, 2.05) is 6.21 Å². The van der Waals surface area contributed by atoms with Crippen LogP contribution in [0.25, 0.3) is 16.7 Å². The predicted octanol–water partition coefficient (Wildman–Crippen LogP) is 6.77. The molecule has 2 aromatic rings. The van der Waals surface area contributed by atoms with Crippen LogP contribution in [0.5, 0.6) is 0 Å². The van der Waals surface area contributed by atoms with Gasteiger partial charge in [0.05, 0.1) is 11.0 Å². The third-order valence-electron chi connectivity index (χ3n) is 9.62. The van der Waals surface area contributed by atoms with Crippen LogP contribution in [0.4, 0.5) is 0 Å². The molecule has 1 aromatic heterocycles. The second-order valence-electron chi connectivity index (χ2n) is 11.6. The summed E-state index contributed by atoms with van der Waals surface area (Å²) >= 11 is 0. The minimum atomic E-state index is 0.543. The van der Waals surface area contributed by atoms with Gasteiger partial charge in [0.1, 0.15) is 5.70 Å². The van der Waals surface area contributed by atoms with E-state index >= 15 is 0 Å². The zero-order valence-electron chi connectivity index (χ0n) is 19.9. The molecule has 33 heavy (non-hydrogen) atoms. The van der Waals surface area contributed by atoms with E-state index < -0.39 is 0 Å². The number of hydrogen-bond acceptors (Lipinski definition) is 3. The van der Waals surface area contributed by atoms with Gasteiger partial charge in [-0.2, -0.15) is 0 Å². The number of nitrogens with zero attached hydrogens (tertiary/aromatic N) is 4. The molecule has 2 saturated carbocycles. The Labute approximate surface area is 198 Å². The Morgan fingerprint density at radius 2 is 1.48 bits per heavy atom. The number of fused-ring (bicyclic) bond motifs is 5. The molecule has 0 amide bonds. The smallest absolute Gasteiger partial charge is 0.159 e. The summed E-state index contributed by atoms with van der Waals surface area (Å²) in [4.78, 5) is 12.9. The first kappa shape index (κ1) is 20.4. The molecule has 174 valence electrons. The highest BCUT2D eigenvalue weighted by Crippen LogP contribution is 2.47. The molecule has 4 heteroatoms. The number of benzene rings is 1. The molecule has 4 bridgehead atoms. The molecule has 2 aliphatic carbocycles. The second-order valence-corrected chi connectivity index (χ2v) is 11.6. The van der Waals surface area contributed by atoms with Gasteiger partial charge in [-0.05, 0) is 75.0 Å². The first-order valence-corrected chi connectivity index (χ1v) is 13.8. The maximum absolute atomic E-state index is 5.09. The van der Waals surface area contributed by atoms with Crippen LogP contribution in [0, 0.1) is 11.8 Å². The average molecular weight is 443 g/mol. The van der Waals surface area contributed by atoms with Gasteiger partial charge in [0.25, 0.3) is 0 Å². The van der Waals surface area contributed by atoms with Crippen molar-refractivity contribution in [2.45, 2.75) is 108 Å². The highest BCUT2D eigenvalue weighted by molar-refractivity contribution is 5.84. The SMILES string of the molecule is C1=NC(c2nc3ccccc3n2C2C[C@H]3CCC[C@@H](C2)N3C2C[C@H]3CCCC[C@@H](C2)C3)=CC1. The summed E-state index contributed by atoms with van der Waals surface area (Å²) in [6, 6.07) is 11.6. The maximum atomic E-state index is 5.09. The normalized spacial score (nSPS) is 36.7. The van der Waals surface area contributed by atoms with Crippen molar-refractivity contribution in [2.24, 2.45) is 16.8 Å². The van der Waals surface area contributed by atoms with E-state index in [-0.39, 0.29) is 0 Å². The molecule has 2 unspecified atom stereocenters. The standard InChI is InChI=1S/C29H38N4/c1-2-8-21-15-20(7-1)16-24(17-21)32-22-9-5-10-23(32)19-25(18-22)33-28-13-4-3-11-26(28)31-29(33)27-12-6-14-30-27/h3-4,11-14,20-25H,1-2,5-10,15-19H2/t20-,21+,22-,23+,24?,25?. The molecule has 4 fully saturated rings. The van der Waals surface area contributed by atoms with Gasteiger partial charge in [0, 0.05) is 36.8 Å². The third kappa shape index (κ3) is 3.60. The predicted molar refractivity (Wildman–Crippen MR) is 135 cm³/mol. The van der Waals surface area contributed by atoms with Gasteiger partial charge in [0.2, 0.25) is 0 Å². The van der Waals surface area contributed by atoms with Gasteiger partial charge in [-0.15, -0.1) is 0 Å².